The largest absolute Gasteiger partial charge is 0.458 e. The Bertz CT molecular complexity index is 365. The van der Waals surface area contributed by atoms with Gasteiger partial charge in [-0.05, 0) is 31.9 Å². The van der Waals surface area contributed by atoms with Crippen molar-refractivity contribution in [2.45, 2.75) is 33.3 Å². The van der Waals surface area contributed by atoms with E-state index in [-0.39, 0.29) is 17.4 Å². The Morgan fingerprint density at radius 2 is 2.06 bits per heavy atom. The maximum Gasteiger partial charge on any atom is 0.322 e. The lowest BCUT2D eigenvalue weighted by molar-refractivity contribution is 0.0607. The molecule has 18 heavy (non-hydrogen) atoms. The first kappa shape index (κ1) is 14.9. The van der Waals surface area contributed by atoms with Gasteiger partial charge in [0.15, 0.2) is 0 Å². The Hall–Kier alpha value is -1.14. The van der Waals surface area contributed by atoms with Crippen molar-refractivity contribution >= 4 is 17.5 Å². The molecule has 1 rings (SSSR count). The number of nitrogens with one attached hydrogen (secondary N) is 1. The molecule has 0 radical (unpaired) electrons. The van der Waals surface area contributed by atoms with Gasteiger partial charge in [0.1, 0.15) is 6.10 Å². The molecule has 0 bridgehead atoms. The molecule has 0 aliphatic heterocycles. The van der Waals surface area contributed by atoms with Gasteiger partial charge in [0.05, 0.1) is 6.61 Å². The van der Waals surface area contributed by atoms with Gasteiger partial charge in [0.2, 0.25) is 11.2 Å². The van der Waals surface area contributed by atoms with Crippen molar-refractivity contribution in [1.29, 1.82) is 0 Å². The van der Waals surface area contributed by atoms with Gasteiger partial charge in [-0.25, -0.2) is 0 Å². The molecule has 6 nitrogen and oxygen atoms in total. The number of rotatable bonds is 8. The van der Waals surface area contributed by atoms with E-state index in [4.69, 9.17) is 21.1 Å². The van der Waals surface area contributed by atoms with Crippen LogP contribution < -0.4 is 10.1 Å². The molecule has 0 saturated heterocycles. The molecule has 1 heterocycles. The zero-order valence-corrected chi connectivity index (χ0v) is 11.7. The SMILES string of the molecule is CCCNc1nc(Cl)nc(OC(C)COCC)n1. The standard InChI is InChI=1S/C11H19ClN4O2/c1-4-6-13-10-14-9(12)15-11(16-10)18-8(3)7-17-5-2/h8H,4-7H2,1-3H3,(H,13,14,15,16). The number of anilines is 1. The summed E-state index contributed by atoms with van der Waals surface area (Å²) in [5.41, 5.74) is 0. The fraction of sp³-hybridized carbons (Fsp3) is 0.727. The van der Waals surface area contributed by atoms with Gasteiger partial charge in [0, 0.05) is 13.2 Å². The van der Waals surface area contributed by atoms with E-state index in [1.165, 1.54) is 0 Å². The van der Waals surface area contributed by atoms with Crippen molar-refractivity contribution in [3.63, 3.8) is 0 Å². The van der Waals surface area contributed by atoms with Crippen LogP contribution in [0.15, 0.2) is 0 Å². The second kappa shape index (κ2) is 8.05. The molecule has 1 N–H and O–H groups in total. The van der Waals surface area contributed by atoms with E-state index in [0.29, 0.717) is 19.2 Å². The van der Waals surface area contributed by atoms with Crippen LogP contribution in [0.4, 0.5) is 5.95 Å². The highest BCUT2D eigenvalue weighted by Crippen LogP contribution is 2.12. The van der Waals surface area contributed by atoms with Gasteiger partial charge < -0.3 is 14.8 Å². The van der Waals surface area contributed by atoms with Gasteiger partial charge in [-0.2, -0.15) is 15.0 Å². The highest BCUT2D eigenvalue weighted by molar-refractivity contribution is 6.28. The summed E-state index contributed by atoms with van der Waals surface area (Å²) in [5, 5.41) is 3.15. The van der Waals surface area contributed by atoms with Crippen molar-refractivity contribution in [2.75, 3.05) is 25.1 Å². The minimum Gasteiger partial charge on any atom is -0.458 e. The summed E-state index contributed by atoms with van der Waals surface area (Å²) >= 11 is 5.80. The first-order valence-electron chi connectivity index (χ1n) is 6.05. The van der Waals surface area contributed by atoms with Crippen LogP contribution in [0, 0.1) is 0 Å². The molecule has 0 saturated carbocycles. The fourth-order valence-corrected chi connectivity index (χ4v) is 1.35. The highest BCUT2D eigenvalue weighted by Gasteiger charge is 2.10. The number of aromatic nitrogens is 3. The van der Waals surface area contributed by atoms with Crippen LogP contribution in [-0.2, 0) is 4.74 Å². The van der Waals surface area contributed by atoms with Crippen LogP contribution in [-0.4, -0.2) is 40.8 Å². The molecule has 0 fully saturated rings. The van der Waals surface area contributed by atoms with Crippen LogP contribution in [0.1, 0.15) is 27.2 Å². The van der Waals surface area contributed by atoms with Crippen LogP contribution in [0.3, 0.4) is 0 Å². The van der Waals surface area contributed by atoms with Crippen LogP contribution in [0.25, 0.3) is 0 Å². The predicted octanol–water partition coefficient (Wildman–Crippen LogP) is 2.15. The molecule has 0 spiro atoms. The van der Waals surface area contributed by atoms with Crippen molar-refractivity contribution in [1.82, 2.24) is 15.0 Å². The number of nitrogens with zero attached hydrogens (tertiary/aromatic N) is 3. The maximum absolute atomic E-state index is 5.80. The quantitative estimate of drug-likeness (QED) is 0.783. The van der Waals surface area contributed by atoms with Crippen LogP contribution in [0.2, 0.25) is 5.28 Å². The summed E-state index contributed by atoms with van der Waals surface area (Å²) in [7, 11) is 0. The average molecular weight is 275 g/mol. The second-order valence-corrected chi connectivity index (χ2v) is 4.06. The zero-order chi connectivity index (χ0) is 13.4. The number of ether oxygens (including phenoxy) is 2. The minimum atomic E-state index is -0.137. The molecule has 102 valence electrons. The van der Waals surface area contributed by atoms with Gasteiger partial charge in [-0.15, -0.1) is 0 Å². The lowest BCUT2D eigenvalue weighted by Crippen LogP contribution is -2.20. The van der Waals surface area contributed by atoms with Gasteiger partial charge in [-0.3, -0.25) is 0 Å². The normalized spacial score (nSPS) is 12.2. The molecule has 0 amide bonds. The first-order chi connectivity index (χ1) is 8.65. The molecule has 1 unspecified atom stereocenters. The Labute approximate surface area is 112 Å². The van der Waals surface area contributed by atoms with Gasteiger partial charge >= 0.3 is 6.01 Å². The Morgan fingerprint density at radius 3 is 2.72 bits per heavy atom. The number of hydrogen-bond donors (Lipinski definition) is 1. The molecular formula is C11H19ClN4O2. The van der Waals surface area contributed by atoms with E-state index in [0.717, 1.165) is 13.0 Å². The predicted molar refractivity (Wildman–Crippen MR) is 70.2 cm³/mol. The minimum absolute atomic E-state index is 0.113. The number of hydrogen-bond acceptors (Lipinski definition) is 6. The van der Waals surface area contributed by atoms with Gasteiger partial charge in [0.25, 0.3) is 0 Å². The second-order valence-electron chi connectivity index (χ2n) is 3.73. The number of halogens is 1. The molecule has 1 aromatic rings. The molecule has 7 heteroatoms. The smallest absolute Gasteiger partial charge is 0.322 e. The van der Waals surface area contributed by atoms with E-state index >= 15 is 0 Å². The summed E-state index contributed by atoms with van der Waals surface area (Å²) in [4.78, 5) is 12.0. The highest BCUT2D eigenvalue weighted by atomic mass is 35.5. The van der Waals surface area contributed by atoms with Crippen molar-refractivity contribution in [3.8, 4) is 6.01 Å². The lowest BCUT2D eigenvalue weighted by Gasteiger charge is -2.13. The Morgan fingerprint density at radius 1 is 1.28 bits per heavy atom. The molecule has 1 atom stereocenters. The van der Waals surface area contributed by atoms with Gasteiger partial charge in [-0.1, -0.05) is 6.92 Å². The summed E-state index contributed by atoms with van der Waals surface area (Å²) in [5.74, 6) is 0.426. The third-order valence-corrected chi connectivity index (χ3v) is 2.15. The molecule has 0 aromatic carbocycles. The maximum atomic E-state index is 5.80. The summed E-state index contributed by atoms with van der Waals surface area (Å²) in [6.45, 7) is 7.77. The van der Waals surface area contributed by atoms with Crippen molar-refractivity contribution in [3.05, 3.63) is 5.28 Å². The Kier molecular flexibility index (Phi) is 6.67. The molecule has 0 aliphatic rings. The Balaban J connectivity index is 2.61. The van der Waals surface area contributed by atoms with E-state index in [1.807, 2.05) is 13.8 Å². The lowest BCUT2D eigenvalue weighted by atomic mass is 10.4. The van der Waals surface area contributed by atoms with Crippen molar-refractivity contribution in [2.24, 2.45) is 0 Å². The van der Waals surface area contributed by atoms with Crippen molar-refractivity contribution < 1.29 is 9.47 Å². The van der Waals surface area contributed by atoms with Crippen LogP contribution in [0.5, 0.6) is 6.01 Å². The topological polar surface area (TPSA) is 69.2 Å². The third-order valence-electron chi connectivity index (χ3n) is 1.98. The van der Waals surface area contributed by atoms with E-state index in [2.05, 4.69) is 27.2 Å². The van der Waals surface area contributed by atoms with Crippen LogP contribution >= 0.6 is 11.6 Å². The average Bonchev–Trinajstić information content (AvgIpc) is 2.33. The van der Waals surface area contributed by atoms with E-state index in [9.17, 15) is 0 Å². The van der Waals surface area contributed by atoms with E-state index in [1.54, 1.807) is 0 Å². The molecule has 1 aromatic heterocycles. The van der Waals surface area contributed by atoms with E-state index < -0.39 is 0 Å². The third kappa shape index (κ3) is 5.46. The zero-order valence-electron chi connectivity index (χ0n) is 10.9. The monoisotopic (exact) mass is 274 g/mol. The fourth-order valence-electron chi connectivity index (χ4n) is 1.20. The molecule has 0 aliphatic carbocycles. The summed E-state index contributed by atoms with van der Waals surface area (Å²) in [6, 6.07) is 0.209. The summed E-state index contributed by atoms with van der Waals surface area (Å²) < 4.78 is 10.8. The first-order valence-corrected chi connectivity index (χ1v) is 6.43. The molecular weight excluding hydrogens is 256 g/mol. The summed E-state index contributed by atoms with van der Waals surface area (Å²) in [6.07, 6.45) is 0.836.